The molecule has 0 bridgehead atoms. The van der Waals surface area contributed by atoms with Gasteiger partial charge in [-0.3, -0.25) is 0 Å². The summed E-state index contributed by atoms with van der Waals surface area (Å²) in [5.74, 6) is 6.69. The first-order valence-corrected chi connectivity index (χ1v) is 4.20. The fourth-order valence-electron chi connectivity index (χ4n) is 1.49. The second-order valence-corrected chi connectivity index (χ2v) is 3.13. The fraction of sp³-hybridized carbons (Fsp3) is 0.778. The van der Waals surface area contributed by atoms with E-state index in [1.54, 1.807) is 0 Å². The molecule has 2 nitrogen and oxygen atoms in total. The predicted molar refractivity (Wildman–Crippen MR) is 47.1 cm³/mol. The molecular weight excluding hydrogens is 136 g/mol. The number of rotatable bonds is 0. The zero-order valence-electron chi connectivity index (χ0n) is 7.14. The molecule has 0 radical (unpaired) electrons. The van der Waals surface area contributed by atoms with Gasteiger partial charge in [-0.1, -0.05) is 11.8 Å². The van der Waals surface area contributed by atoms with Crippen molar-refractivity contribution in [3.63, 3.8) is 0 Å². The van der Waals surface area contributed by atoms with E-state index in [0.29, 0.717) is 12.5 Å². The normalized spacial score (nSPS) is 25.8. The van der Waals surface area contributed by atoms with Gasteiger partial charge in [0.2, 0.25) is 0 Å². The van der Waals surface area contributed by atoms with Crippen LogP contribution >= 0.6 is 0 Å². The lowest BCUT2D eigenvalue weighted by Gasteiger charge is -2.26. The van der Waals surface area contributed by atoms with Gasteiger partial charge in [-0.05, 0) is 26.4 Å². The number of nitrogens with two attached hydrogens (primary N) is 1. The number of hydrogen-bond acceptors (Lipinski definition) is 2. The highest BCUT2D eigenvalue weighted by molar-refractivity contribution is 5.06. The molecule has 11 heavy (non-hydrogen) atoms. The summed E-state index contributed by atoms with van der Waals surface area (Å²) >= 11 is 0. The fourth-order valence-corrected chi connectivity index (χ4v) is 1.49. The maximum absolute atomic E-state index is 5.29. The summed E-state index contributed by atoms with van der Waals surface area (Å²) in [6, 6.07) is 0. The van der Waals surface area contributed by atoms with Gasteiger partial charge < -0.3 is 10.6 Å². The lowest BCUT2D eigenvalue weighted by Crippen LogP contribution is -2.31. The van der Waals surface area contributed by atoms with Crippen LogP contribution in [0.2, 0.25) is 0 Å². The van der Waals surface area contributed by atoms with Gasteiger partial charge in [-0.25, -0.2) is 0 Å². The van der Waals surface area contributed by atoms with E-state index in [1.807, 2.05) is 0 Å². The molecular formula is C9H16N2. The lowest BCUT2D eigenvalue weighted by atomic mass is 9.99. The molecule has 1 aliphatic rings. The zero-order valence-corrected chi connectivity index (χ0v) is 7.14. The molecule has 1 aliphatic heterocycles. The van der Waals surface area contributed by atoms with Crippen molar-refractivity contribution in [3.8, 4) is 11.8 Å². The smallest absolute Gasteiger partial charge is 0.0551 e. The molecule has 0 aliphatic carbocycles. The Hall–Kier alpha value is -0.520. The maximum atomic E-state index is 5.29. The molecule has 2 N–H and O–H groups in total. The lowest BCUT2D eigenvalue weighted by molar-refractivity contribution is 0.242. The average molecular weight is 152 g/mol. The third kappa shape index (κ3) is 2.92. The van der Waals surface area contributed by atoms with E-state index in [9.17, 15) is 0 Å². The zero-order chi connectivity index (χ0) is 8.10. The van der Waals surface area contributed by atoms with Gasteiger partial charge in [0, 0.05) is 12.5 Å². The monoisotopic (exact) mass is 152 g/mol. The first-order chi connectivity index (χ1) is 5.33. The molecule has 0 aromatic carbocycles. The molecule has 1 heterocycles. The Morgan fingerprint density at radius 1 is 1.64 bits per heavy atom. The van der Waals surface area contributed by atoms with Crippen molar-refractivity contribution in [2.75, 3.05) is 26.7 Å². The van der Waals surface area contributed by atoms with E-state index < -0.39 is 0 Å². The molecule has 1 saturated heterocycles. The van der Waals surface area contributed by atoms with Gasteiger partial charge in [0.15, 0.2) is 0 Å². The molecule has 2 heteroatoms. The van der Waals surface area contributed by atoms with Crippen molar-refractivity contribution in [2.24, 2.45) is 11.7 Å². The first-order valence-electron chi connectivity index (χ1n) is 4.20. The molecule has 0 spiro atoms. The molecule has 1 atom stereocenters. The quantitative estimate of drug-likeness (QED) is 0.505. The van der Waals surface area contributed by atoms with Crippen LogP contribution in [0.25, 0.3) is 0 Å². The largest absolute Gasteiger partial charge is 0.320 e. The summed E-state index contributed by atoms with van der Waals surface area (Å²) in [6.07, 6.45) is 2.53. The van der Waals surface area contributed by atoms with Crippen molar-refractivity contribution in [1.29, 1.82) is 0 Å². The van der Waals surface area contributed by atoms with E-state index in [1.165, 1.54) is 19.4 Å². The Bertz CT molecular complexity index is 166. The van der Waals surface area contributed by atoms with E-state index in [2.05, 4.69) is 23.8 Å². The van der Waals surface area contributed by atoms with Crippen molar-refractivity contribution in [3.05, 3.63) is 0 Å². The van der Waals surface area contributed by atoms with Crippen LogP contribution in [0.5, 0.6) is 0 Å². The Balaban J connectivity index is 2.34. The minimum Gasteiger partial charge on any atom is -0.320 e. The topological polar surface area (TPSA) is 29.3 Å². The average Bonchev–Trinajstić information content (AvgIpc) is 2.01. The number of piperidine rings is 1. The minimum atomic E-state index is 0.500. The van der Waals surface area contributed by atoms with Crippen LogP contribution in [0.3, 0.4) is 0 Å². The van der Waals surface area contributed by atoms with Crippen LogP contribution in [0.1, 0.15) is 12.8 Å². The summed E-state index contributed by atoms with van der Waals surface area (Å²) in [4.78, 5) is 2.33. The summed E-state index contributed by atoms with van der Waals surface area (Å²) in [7, 11) is 2.15. The molecule has 1 fully saturated rings. The van der Waals surface area contributed by atoms with E-state index in [-0.39, 0.29) is 0 Å². The van der Waals surface area contributed by atoms with Crippen molar-refractivity contribution in [1.82, 2.24) is 4.90 Å². The summed E-state index contributed by atoms with van der Waals surface area (Å²) in [5.41, 5.74) is 5.29. The highest BCUT2D eigenvalue weighted by Crippen LogP contribution is 2.13. The summed E-state index contributed by atoms with van der Waals surface area (Å²) in [5, 5.41) is 0. The molecule has 0 amide bonds. The van der Waals surface area contributed by atoms with Gasteiger partial charge in [0.05, 0.1) is 6.54 Å². The van der Waals surface area contributed by atoms with Crippen LogP contribution in [0, 0.1) is 17.8 Å². The van der Waals surface area contributed by atoms with Crippen LogP contribution in [-0.4, -0.2) is 31.6 Å². The maximum Gasteiger partial charge on any atom is 0.0551 e. The Labute approximate surface area is 68.8 Å². The minimum absolute atomic E-state index is 0.500. The van der Waals surface area contributed by atoms with Gasteiger partial charge in [0.1, 0.15) is 0 Å². The van der Waals surface area contributed by atoms with Crippen LogP contribution in [0.15, 0.2) is 0 Å². The number of likely N-dealkylation sites (tertiary alicyclic amines) is 1. The van der Waals surface area contributed by atoms with E-state index in [0.717, 1.165) is 6.54 Å². The number of hydrogen-bond donors (Lipinski definition) is 1. The van der Waals surface area contributed by atoms with E-state index in [4.69, 9.17) is 5.73 Å². The highest BCUT2D eigenvalue weighted by Gasteiger charge is 2.13. The summed E-state index contributed by atoms with van der Waals surface area (Å²) in [6.45, 7) is 2.84. The molecule has 0 saturated carbocycles. The molecule has 0 aromatic heterocycles. The van der Waals surface area contributed by atoms with Crippen molar-refractivity contribution >= 4 is 0 Å². The van der Waals surface area contributed by atoms with Crippen molar-refractivity contribution in [2.45, 2.75) is 12.8 Å². The molecule has 1 rings (SSSR count). The Kier molecular flexibility index (Phi) is 3.41. The van der Waals surface area contributed by atoms with Crippen molar-refractivity contribution < 1.29 is 0 Å². The first kappa shape index (κ1) is 8.58. The van der Waals surface area contributed by atoms with Gasteiger partial charge in [0.25, 0.3) is 0 Å². The SMILES string of the molecule is CN1CCCC(C#CCN)C1. The van der Waals surface area contributed by atoms with Gasteiger partial charge >= 0.3 is 0 Å². The second kappa shape index (κ2) is 4.38. The summed E-state index contributed by atoms with van der Waals surface area (Å²) < 4.78 is 0. The van der Waals surface area contributed by atoms with Crippen LogP contribution < -0.4 is 5.73 Å². The second-order valence-electron chi connectivity index (χ2n) is 3.13. The van der Waals surface area contributed by atoms with Gasteiger partial charge in [-0.15, -0.1) is 0 Å². The van der Waals surface area contributed by atoms with Crippen LogP contribution in [-0.2, 0) is 0 Å². The predicted octanol–water partition coefficient (Wildman–Crippen LogP) is 0.290. The third-order valence-corrected chi connectivity index (χ3v) is 2.03. The molecule has 0 aromatic rings. The number of nitrogens with zero attached hydrogens (tertiary/aromatic N) is 1. The van der Waals surface area contributed by atoms with Crippen LogP contribution in [0.4, 0.5) is 0 Å². The van der Waals surface area contributed by atoms with Gasteiger partial charge in [-0.2, -0.15) is 0 Å². The Morgan fingerprint density at radius 3 is 3.09 bits per heavy atom. The molecule has 62 valence electrons. The van der Waals surface area contributed by atoms with E-state index >= 15 is 0 Å². The Morgan fingerprint density at radius 2 is 2.45 bits per heavy atom. The highest BCUT2D eigenvalue weighted by atomic mass is 15.1. The molecule has 1 unspecified atom stereocenters. The standard InChI is InChI=1S/C9H16N2/c1-11-7-3-5-9(8-11)4-2-6-10/h9H,3,5-8,10H2,1H3. The third-order valence-electron chi connectivity index (χ3n) is 2.03.